The van der Waals surface area contributed by atoms with Crippen molar-refractivity contribution >= 4 is 23.5 Å². The summed E-state index contributed by atoms with van der Waals surface area (Å²) in [6.45, 7) is 3.57. The van der Waals surface area contributed by atoms with Crippen molar-refractivity contribution in [2.75, 3.05) is 5.73 Å². The van der Waals surface area contributed by atoms with Gasteiger partial charge in [0, 0.05) is 5.02 Å². The first-order valence-corrected chi connectivity index (χ1v) is 6.83. The molecule has 5 N–H and O–H groups in total. The van der Waals surface area contributed by atoms with Gasteiger partial charge in [-0.15, -0.1) is 0 Å². The molecule has 0 spiro atoms. The fourth-order valence-electron chi connectivity index (χ4n) is 1.99. The third-order valence-corrected chi connectivity index (χ3v) is 3.47. The third-order valence-electron chi connectivity index (χ3n) is 3.05. The number of carbonyl (C=O) groups excluding carboxylic acids is 1. The van der Waals surface area contributed by atoms with Crippen LogP contribution in [0.5, 0.6) is 5.75 Å². The number of halogens is 1. The molecule has 2 rings (SSSR count). The number of aromatic nitrogens is 2. The minimum Gasteiger partial charge on any atom is -0.487 e. The number of hydrazine groups is 1. The summed E-state index contributed by atoms with van der Waals surface area (Å²) in [5, 5.41) is 0.651. The highest BCUT2D eigenvalue weighted by atomic mass is 35.5. The fraction of sp³-hybridized carbons (Fsp3) is 0.214. The predicted octanol–water partition coefficient (Wildman–Crippen LogP) is 1.51. The van der Waals surface area contributed by atoms with Gasteiger partial charge in [-0.1, -0.05) is 11.6 Å². The molecule has 1 amide bonds. The van der Waals surface area contributed by atoms with Crippen LogP contribution in [0, 0.1) is 13.8 Å². The van der Waals surface area contributed by atoms with E-state index in [-0.39, 0.29) is 18.1 Å². The highest BCUT2D eigenvalue weighted by Gasteiger charge is 2.18. The Morgan fingerprint density at radius 3 is 2.73 bits per heavy atom. The molecule has 0 aliphatic heterocycles. The zero-order valence-electron chi connectivity index (χ0n) is 12.2. The summed E-state index contributed by atoms with van der Waals surface area (Å²) in [7, 11) is 0. The summed E-state index contributed by atoms with van der Waals surface area (Å²) < 4.78 is 5.65. The highest BCUT2D eigenvalue weighted by Crippen LogP contribution is 2.22. The van der Waals surface area contributed by atoms with E-state index in [0.717, 1.165) is 5.56 Å². The summed E-state index contributed by atoms with van der Waals surface area (Å²) >= 11 is 5.97. The van der Waals surface area contributed by atoms with E-state index < -0.39 is 5.91 Å². The molecule has 0 saturated heterocycles. The zero-order valence-corrected chi connectivity index (χ0v) is 12.9. The number of nitrogens with two attached hydrogens (primary N) is 2. The Morgan fingerprint density at radius 1 is 1.36 bits per heavy atom. The highest BCUT2D eigenvalue weighted by molar-refractivity contribution is 6.31. The first-order valence-electron chi connectivity index (χ1n) is 6.45. The second kappa shape index (κ2) is 6.59. The average Bonchev–Trinajstić information content (AvgIpc) is 2.47. The SMILES string of the molecule is Cc1cc(OCc2nc(N)nc(C)c2C(=O)NN)ccc1Cl. The van der Waals surface area contributed by atoms with E-state index in [1.54, 1.807) is 25.1 Å². The maximum atomic E-state index is 11.8. The molecular weight excluding hydrogens is 306 g/mol. The number of aryl methyl sites for hydroxylation is 2. The van der Waals surface area contributed by atoms with Crippen LogP contribution in [0.4, 0.5) is 5.95 Å². The molecule has 0 atom stereocenters. The molecule has 22 heavy (non-hydrogen) atoms. The average molecular weight is 322 g/mol. The van der Waals surface area contributed by atoms with E-state index in [0.29, 0.717) is 22.2 Å². The molecule has 0 radical (unpaired) electrons. The number of hydrogen-bond acceptors (Lipinski definition) is 6. The number of amides is 1. The van der Waals surface area contributed by atoms with Gasteiger partial charge in [-0.05, 0) is 37.6 Å². The van der Waals surface area contributed by atoms with Crippen molar-refractivity contribution in [3.8, 4) is 5.75 Å². The molecule has 0 fully saturated rings. The molecule has 0 aliphatic carbocycles. The van der Waals surface area contributed by atoms with Gasteiger partial charge >= 0.3 is 0 Å². The Morgan fingerprint density at radius 2 is 2.09 bits per heavy atom. The number of hydrogen-bond donors (Lipinski definition) is 3. The summed E-state index contributed by atoms with van der Waals surface area (Å²) in [5.41, 5.74) is 9.62. The topological polar surface area (TPSA) is 116 Å². The van der Waals surface area contributed by atoms with E-state index in [9.17, 15) is 4.79 Å². The van der Waals surface area contributed by atoms with Gasteiger partial charge in [0.1, 0.15) is 12.4 Å². The first-order chi connectivity index (χ1) is 10.4. The molecule has 116 valence electrons. The van der Waals surface area contributed by atoms with Gasteiger partial charge in [0.2, 0.25) is 5.95 Å². The molecule has 0 saturated carbocycles. The molecule has 2 aromatic rings. The minimum atomic E-state index is -0.497. The van der Waals surface area contributed by atoms with Crippen LogP contribution in [0.15, 0.2) is 18.2 Å². The molecule has 1 aromatic heterocycles. The minimum absolute atomic E-state index is 0.0530. The lowest BCUT2D eigenvalue weighted by molar-refractivity contribution is 0.0949. The molecule has 7 nitrogen and oxygen atoms in total. The van der Waals surface area contributed by atoms with Crippen LogP contribution in [0.25, 0.3) is 0 Å². The standard InChI is InChI=1S/C14H16ClN5O2/c1-7-5-9(3-4-10(7)15)22-6-11-12(13(21)20-17)8(2)18-14(16)19-11/h3-5H,6,17H2,1-2H3,(H,20,21)(H2,16,18,19). The Hall–Kier alpha value is -2.38. The number of anilines is 1. The van der Waals surface area contributed by atoms with Crippen molar-refractivity contribution in [3.05, 3.63) is 45.7 Å². The van der Waals surface area contributed by atoms with E-state index in [1.165, 1.54) is 0 Å². The van der Waals surface area contributed by atoms with Gasteiger partial charge in [0.15, 0.2) is 0 Å². The van der Waals surface area contributed by atoms with Crippen LogP contribution < -0.4 is 21.7 Å². The quantitative estimate of drug-likeness (QED) is 0.446. The fourth-order valence-corrected chi connectivity index (χ4v) is 2.10. The second-order valence-electron chi connectivity index (χ2n) is 4.66. The number of ether oxygens (including phenoxy) is 1. The van der Waals surface area contributed by atoms with Crippen LogP contribution in [0.2, 0.25) is 5.02 Å². The van der Waals surface area contributed by atoms with Gasteiger partial charge in [0.25, 0.3) is 5.91 Å². The molecular formula is C14H16ClN5O2. The Labute approximate surface area is 132 Å². The van der Waals surface area contributed by atoms with Crippen LogP contribution in [-0.2, 0) is 6.61 Å². The number of benzene rings is 1. The Balaban J connectivity index is 2.28. The predicted molar refractivity (Wildman–Crippen MR) is 83.4 cm³/mol. The number of rotatable bonds is 4. The Bertz CT molecular complexity index is 721. The van der Waals surface area contributed by atoms with Gasteiger partial charge in [-0.3, -0.25) is 10.2 Å². The molecule has 1 heterocycles. The second-order valence-corrected chi connectivity index (χ2v) is 5.07. The number of nitrogens with zero attached hydrogens (tertiary/aromatic N) is 2. The van der Waals surface area contributed by atoms with Crippen molar-refractivity contribution in [3.63, 3.8) is 0 Å². The van der Waals surface area contributed by atoms with Crippen LogP contribution >= 0.6 is 11.6 Å². The lowest BCUT2D eigenvalue weighted by atomic mass is 10.1. The maximum absolute atomic E-state index is 11.8. The normalized spacial score (nSPS) is 10.4. The molecule has 8 heteroatoms. The van der Waals surface area contributed by atoms with E-state index in [4.69, 9.17) is 27.9 Å². The largest absolute Gasteiger partial charge is 0.487 e. The van der Waals surface area contributed by atoms with Crippen molar-refractivity contribution in [1.82, 2.24) is 15.4 Å². The molecule has 0 bridgehead atoms. The smallest absolute Gasteiger partial charge is 0.269 e. The summed E-state index contributed by atoms with van der Waals surface area (Å²) in [6.07, 6.45) is 0. The van der Waals surface area contributed by atoms with Crippen molar-refractivity contribution in [2.24, 2.45) is 5.84 Å². The molecule has 1 aromatic carbocycles. The number of carbonyl (C=O) groups is 1. The van der Waals surface area contributed by atoms with Gasteiger partial charge < -0.3 is 10.5 Å². The molecule has 0 aliphatic rings. The summed E-state index contributed by atoms with van der Waals surface area (Å²) in [6, 6.07) is 5.26. The monoisotopic (exact) mass is 321 g/mol. The number of nitrogens with one attached hydrogen (secondary N) is 1. The van der Waals surface area contributed by atoms with Gasteiger partial charge in [-0.2, -0.15) is 0 Å². The lowest BCUT2D eigenvalue weighted by Gasteiger charge is -2.12. The van der Waals surface area contributed by atoms with Gasteiger partial charge in [0.05, 0.1) is 17.0 Å². The maximum Gasteiger partial charge on any atom is 0.269 e. The summed E-state index contributed by atoms with van der Waals surface area (Å²) in [5.74, 6) is 5.36. The van der Waals surface area contributed by atoms with Gasteiger partial charge in [-0.25, -0.2) is 15.8 Å². The lowest BCUT2D eigenvalue weighted by Crippen LogP contribution is -2.32. The van der Waals surface area contributed by atoms with Crippen molar-refractivity contribution in [2.45, 2.75) is 20.5 Å². The first kappa shape index (κ1) is 16.0. The van der Waals surface area contributed by atoms with Crippen molar-refractivity contribution in [1.29, 1.82) is 0 Å². The van der Waals surface area contributed by atoms with Crippen molar-refractivity contribution < 1.29 is 9.53 Å². The van der Waals surface area contributed by atoms with E-state index in [2.05, 4.69) is 15.4 Å². The number of nitrogen functional groups attached to an aromatic ring is 2. The van der Waals surface area contributed by atoms with Crippen LogP contribution in [0.1, 0.15) is 27.3 Å². The molecule has 0 unspecified atom stereocenters. The van der Waals surface area contributed by atoms with E-state index in [1.807, 2.05) is 6.92 Å². The van der Waals surface area contributed by atoms with E-state index >= 15 is 0 Å². The third kappa shape index (κ3) is 3.44. The van der Waals surface area contributed by atoms with Crippen LogP contribution in [-0.4, -0.2) is 15.9 Å². The van der Waals surface area contributed by atoms with Crippen LogP contribution in [0.3, 0.4) is 0 Å². The Kier molecular flexibility index (Phi) is 4.79. The zero-order chi connectivity index (χ0) is 16.3. The summed E-state index contributed by atoms with van der Waals surface area (Å²) in [4.78, 5) is 19.9.